The van der Waals surface area contributed by atoms with Gasteiger partial charge in [-0.25, -0.2) is 0 Å². The Bertz CT molecular complexity index is 662. The molecule has 0 bridgehead atoms. The van der Waals surface area contributed by atoms with Crippen LogP contribution >= 0.6 is 0 Å². The maximum atomic E-state index is 12.8. The summed E-state index contributed by atoms with van der Waals surface area (Å²) in [5.74, 6) is -1.14. The molecule has 0 spiro atoms. The molecular weight excluding hydrogens is 332 g/mol. The van der Waals surface area contributed by atoms with Gasteiger partial charge in [-0.05, 0) is 44.9 Å². The number of nitrogens with zero attached hydrogens (tertiary/aromatic N) is 2. The average molecular weight is 359 g/mol. The van der Waals surface area contributed by atoms with E-state index in [9.17, 15) is 14.4 Å². The summed E-state index contributed by atoms with van der Waals surface area (Å²) in [6.07, 6.45) is 3.14. The first-order valence-corrected chi connectivity index (χ1v) is 8.97. The number of pyridine rings is 1. The standard InChI is InChI=1S/C19H27N4O3/c1-13(19(20)26)8-9-18(25)23(12-15-6-3-5-14(2)22-15)16-7-4-10-21-11-17(16)24/h3,5-6,9,13,16,21H,4,7-8,10-12H2,1-2H3,(H2,20,26)/t13?,16-/m0/s1. The summed E-state index contributed by atoms with van der Waals surface area (Å²) in [5.41, 5.74) is 6.86. The Morgan fingerprint density at radius 1 is 1.46 bits per heavy atom. The zero-order chi connectivity index (χ0) is 19.1. The SMILES string of the molecule is Cc1cccc(CN(C(=O)[CH]CC(C)C(N)=O)[C@H]2CCCNCC2=O)n1. The Hall–Kier alpha value is -2.28. The first kappa shape index (κ1) is 20.0. The lowest BCUT2D eigenvalue weighted by Crippen LogP contribution is -2.46. The number of nitrogens with one attached hydrogen (secondary N) is 1. The fourth-order valence-electron chi connectivity index (χ4n) is 2.96. The molecule has 2 rings (SSSR count). The number of ketones is 1. The minimum absolute atomic E-state index is 0.000136. The van der Waals surface area contributed by atoms with Gasteiger partial charge in [0.25, 0.3) is 0 Å². The van der Waals surface area contributed by atoms with E-state index < -0.39 is 17.9 Å². The Balaban J connectivity index is 2.17. The lowest BCUT2D eigenvalue weighted by atomic mass is 10.0. The van der Waals surface area contributed by atoms with E-state index in [2.05, 4.69) is 10.3 Å². The molecule has 1 unspecified atom stereocenters. The molecule has 1 fully saturated rings. The molecule has 1 aromatic heterocycles. The van der Waals surface area contributed by atoms with Gasteiger partial charge in [0.05, 0.1) is 31.2 Å². The lowest BCUT2D eigenvalue weighted by Gasteiger charge is -2.30. The molecular formula is C19H27N4O3. The number of nitrogens with two attached hydrogens (primary N) is 1. The molecule has 0 saturated carbocycles. The third kappa shape index (κ3) is 5.62. The second kappa shape index (κ2) is 9.43. The summed E-state index contributed by atoms with van der Waals surface area (Å²) in [5, 5.41) is 3.08. The van der Waals surface area contributed by atoms with Crippen molar-refractivity contribution in [1.82, 2.24) is 15.2 Å². The van der Waals surface area contributed by atoms with E-state index in [1.165, 1.54) is 6.42 Å². The highest BCUT2D eigenvalue weighted by molar-refractivity contribution is 5.93. The predicted molar refractivity (Wildman–Crippen MR) is 97.7 cm³/mol. The van der Waals surface area contributed by atoms with Gasteiger partial charge in [0.15, 0.2) is 5.78 Å². The molecule has 2 heterocycles. The van der Waals surface area contributed by atoms with Crippen LogP contribution in [-0.2, 0) is 20.9 Å². The highest BCUT2D eigenvalue weighted by Crippen LogP contribution is 2.17. The first-order valence-electron chi connectivity index (χ1n) is 8.97. The van der Waals surface area contributed by atoms with Crippen molar-refractivity contribution in [3.05, 3.63) is 36.0 Å². The fourth-order valence-corrected chi connectivity index (χ4v) is 2.96. The minimum atomic E-state index is -0.486. The van der Waals surface area contributed by atoms with Crippen LogP contribution in [0.1, 0.15) is 37.6 Å². The maximum absolute atomic E-state index is 12.8. The van der Waals surface area contributed by atoms with Crippen LogP contribution in [0, 0.1) is 19.3 Å². The van der Waals surface area contributed by atoms with E-state index >= 15 is 0 Å². The molecule has 1 aliphatic heterocycles. The van der Waals surface area contributed by atoms with Crippen molar-refractivity contribution in [1.29, 1.82) is 0 Å². The Morgan fingerprint density at radius 3 is 2.92 bits per heavy atom. The number of aromatic nitrogens is 1. The van der Waals surface area contributed by atoms with E-state index in [1.807, 2.05) is 25.1 Å². The number of aryl methyl sites for hydroxylation is 1. The predicted octanol–water partition coefficient (Wildman–Crippen LogP) is 0.756. The lowest BCUT2D eigenvalue weighted by molar-refractivity contribution is -0.137. The van der Waals surface area contributed by atoms with Crippen molar-refractivity contribution in [2.24, 2.45) is 11.7 Å². The first-order chi connectivity index (χ1) is 12.4. The van der Waals surface area contributed by atoms with Crippen LogP contribution in [0.5, 0.6) is 0 Å². The second-order valence-electron chi connectivity index (χ2n) is 6.78. The van der Waals surface area contributed by atoms with Gasteiger partial charge >= 0.3 is 0 Å². The van der Waals surface area contributed by atoms with E-state index in [4.69, 9.17) is 5.73 Å². The van der Waals surface area contributed by atoms with Crippen LogP contribution in [0.15, 0.2) is 18.2 Å². The number of carbonyl (C=O) groups is 3. The van der Waals surface area contributed by atoms with Crippen molar-refractivity contribution in [3.63, 3.8) is 0 Å². The molecule has 0 aliphatic carbocycles. The largest absolute Gasteiger partial charge is 0.369 e. The molecule has 2 atom stereocenters. The summed E-state index contributed by atoms with van der Waals surface area (Å²) >= 11 is 0. The molecule has 1 aromatic rings. The Morgan fingerprint density at radius 2 is 2.23 bits per heavy atom. The molecule has 7 heteroatoms. The van der Waals surface area contributed by atoms with Crippen LogP contribution in [0.25, 0.3) is 0 Å². The molecule has 1 radical (unpaired) electrons. The van der Waals surface area contributed by atoms with Gasteiger partial charge in [0.1, 0.15) is 0 Å². The topological polar surface area (TPSA) is 105 Å². The van der Waals surface area contributed by atoms with Crippen molar-refractivity contribution < 1.29 is 14.4 Å². The van der Waals surface area contributed by atoms with Crippen molar-refractivity contribution in [2.45, 2.75) is 45.7 Å². The monoisotopic (exact) mass is 359 g/mol. The number of amides is 2. The Labute approximate surface area is 154 Å². The summed E-state index contributed by atoms with van der Waals surface area (Å²) in [6.45, 7) is 4.84. The molecule has 1 saturated heterocycles. The van der Waals surface area contributed by atoms with Gasteiger partial charge < -0.3 is 16.0 Å². The van der Waals surface area contributed by atoms with E-state index in [-0.39, 0.29) is 31.2 Å². The molecule has 1 aliphatic rings. The van der Waals surface area contributed by atoms with Crippen LogP contribution in [0.4, 0.5) is 0 Å². The third-order valence-corrected chi connectivity index (χ3v) is 4.57. The molecule has 0 aromatic carbocycles. The normalized spacial score (nSPS) is 18.8. The van der Waals surface area contributed by atoms with Crippen molar-refractivity contribution in [2.75, 3.05) is 13.1 Å². The number of hydrogen-bond donors (Lipinski definition) is 2. The number of primary amides is 1. The summed E-state index contributed by atoms with van der Waals surface area (Å²) in [4.78, 5) is 42.6. The summed E-state index contributed by atoms with van der Waals surface area (Å²) < 4.78 is 0. The van der Waals surface area contributed by atoms with Crippen LogP contribution in [-0.4, -0.2) is 46.6 Å². The number of hydrogen-bond acceptors (Lipinski definition) is 5. The number of rotatable bonds is 7. The van der Waals surface area contributed by atoms with Crippen LogP contribution in [0.3, 0.4) is 0 Å². The van der Waals surface area contributed by atoms with E-state index in [1.54, 1.807) is 11.8 Å². The Kier molecular flexibility index (Phi) is 7.26. The van der Waals surface area contributed by atoms with Gasteiger partial charge in [0.2, 0.25) is 11.8 Å². The minimum Gasteiger partial charge on any atom is -0.369 e. The quantitative estimate of drug-likeness (QED) is 0.747. The molecule has 141 valence electrons. The van der Waals surface area contributed by atoms with Gasteiger partial charge in [-0.1, -0.05) is 13.0 Å². The molecule has 26 heavy (non-hydrogen) atoms. The maximum Gasteiger partial charge on any atom is 0.227 e. The summed E-state index contributed by atoms with van der Waals surface area (Å²) in [7, 11) is 0. The molecule has 7 nitrogen and oxygen atoms in total. The van der Waals surface area contributed by atoms with Gasteiger partial charge in [0, 0.05) is 11.6 Å². The van der Waals surface area contributed by atoms with Crippen molar-refractivity contribution in [3.8, 4) is 0 Å². The van der Waals surface area contributed by atoms with Crippen LogP contribution in [0.2, 0.25) is 0 Å². The zero-order valence-corrected chi connectivity index (χ0v) is 15.4. The van der Waals surface area contributed by atoms with E-state index in [0.717, 1.165) is 24.4 Å². The summed E-state index contributed by atoms with van der Waals surface area (Å²) in [6, 6.07) is 5.13. The van der Waals surface area contributed by atoms with Crippen molar-refractivity contribution >= 4 is 17.6 Å². The molecule has 2 amide bonds. The van der Waals surface area contributed by atoms with Gasteiger partial charge in [-0.15, -0.1) is 0 Å². The van der Waals surface area contributed by atoms with E-state index in [0.29, 0.717) is 6.42 Å². The fraction of sp³-hybridized carbons (Fsp3) is 0.526. The highest BCUT2D eigenvalue weighted by Gasteiger charge is 2.31. The number of carbonyl (C=O) groups excluding carboxylic acids is 3. The van der Waals surface area contributed by atoms with Crippen LogP contribution < -0.4 is 11.1 Å². The van der Waals surface area contributed by atoms with Gasteiger partial charge in [-0.3, -0.25) is 19.4 Å². The molecule has 3 N–H and O–H groups in total. The average Bonchev–Trinajstić information content (AvgIpc) is 2.81. The van der Waals surface area contributed by atoms with Gasteiger partial charge in [-0.2, -0.15) is 0 Å². The highest BCUT2D eigenvalue weighted by atomic mass is 16.2. The second-order valence-corrected chi connectivity index (χ2v) is 6.78. The number of Topliss-reactive ketones (excluding diaryl/α,β-unsaturated/α-hetero) is 1. The smallest absolute Gasteiger partial charge is 0.227 e. The zero-order valence-electron chi connectivity index (χ0n) is 15.4. The third-order valence-electron chi connectivity index (χ3n) is 4.57.